The topological polar surface area (TPSA) is 39.7 Å². The first-order chi connectivity index (χ1) is 11.0. The predicted octanol–water partition coefficient (Wildman–Crippen LogP) is 3.86. The third-order valence-electron chi connectivity index (χ3n) is 3.50. The second-order valence-electron chi connectivity index (χ2n) is 6.72. The fraction of sp³-hybridized carbons (Fsp3) is 0.632. The molecule has 0 heterocycles. The third kappa shape index (κ3) is 10.9. The molecule has 0 radical (unpaired) electrons. The molecular formula is C19H35IN4. The molecule has 0 saturated carbocycles. The van der Waals surface area contributed by atoms with Crippen LogP contribution in [0.5, 0.6) is 0 Å². The van der Waals surface area contributed by atoms with Crippen LogP contribution in [0.3, 0.4) is 0 Å². The van der Waals surface area contributed by atoms with Crippen molar-refractivity contribution in [3.05, 3.63) is 35.4 Å². The summed E-state index contributed by atoms with van der Waals surface area (Å²) in [4.78, 5) is 6.88. The maximum absolute atomic E-state index is 4.70. The van der Waals surface area contributed by atoms with Crippen molar-refractivity contribution in [1.29, 1.82) is 0 Å². The first-order valence-corrected chi connectivity index (χ1v) is 8.76. The number of rotatable bonds is 9. The van der Waals surface area contributed by atoms with Crippen molar-refractivity contribution in [3.8, 4) is 0 Å². The van der Waals surface area contributed by atoms with Crippen LogP contribution >= 0.6 is 24.0 Å². The fourth-order valence-electron chi connectivity index (χ4n) is 2.42. The summed E-state index contributed by atoms with van der Waals surface area (Å²) in [5.74, 6) is 1.67. The number of guanidine groups is 1. The highest BCUT2D eigenvalue weighted by Gasteiger charge is 2.00. The van der Waals surface area contributed by atoms with Gasteiger partial charge in [-0.25, -0.2) is 4.99 Å². The Kier molecular flexibility index (Phi) is 13.0. The van der Waals surface area contributed by atoms with E-state index in [0.717, 1.165) is 31.5 Å². The second kappa shape index (κ2) is 13.5. The molecule has 0 unspecified atom stereocenters. The Morgan fingerprint density at radius 3 is 2.50 bits per heavy atom. The monoisotopic (exact) mass is 446 g/mol. The molecule has 0 bridgehead atoms. The van der Waals surface area contributed by atoms with Gasteiger partial charge >= 0.3 is 0 Å². The van der Waals surface area contributed by atoms with Crippen molar-refractivity contribution in [3.63, 3.8) is 0 Å². The molecule has 2 N–H and O–H groups in total. The molecule has 138 valence electrons. The van der Waals surface area contributed by atoms with Gasteiger partial charge in [-0.05, 0) is 50.9 Å². The SMILES string of the molecule is CCNC(=NCc1cccc(CN(C)C)c1)NCCCC(C)C.I. The van der Waals surface area contributed by atoms with Crippen molar-refractivity contribution in [2.45, 2.75) is 46.7 Å². The number of benzene rings is 1. The van der Waals surface area contributed by atoms with Crippen LogP contribution < -0.4 is 10.6 Å². The van der Waals surface area contributed by atoms with Gasteiger partial charge in [-0.2, -0.15) is 0 Å². The molecule has 0 saturated heterocycles. The van der Waals surface area contributed by atoms with Crippen molar-refractivity contribution in [2.24, 2.45) is 10.9 Å². The van der Waals surface area contributed by atoms with Gasteiger partial charge in [0, 0.05) is 19.6 Å². The van der Waals surface area contributed by atoms with Crippen molar-refractivity contribution in [2.75, 3.05) is 27.2 Å². The molecule has 0 spiro atoms. The van der Waals surface area contributed by atoms with Gasteiger partial charge in [-0.3, -0.25) is 0 Å². The van der Waals surface area contributed by atoms with Crippen LogP contribution in [0, 0.1) is 5.92 Å². The molecule has 0 aromatic heterocycles. The van der Waals surface area contributed by atoms with Gasteiger partial charge < -0.3 is 15.5 Å². The minimum Gasteiger partial charge on any atom is -0.357 e. The maximum atomic E-state index is 4.70. The van der Waals surface area contributed by atoms with Crippen molar-refractivity contribution in [1.82, 2.24) is 15.5 Å². The lowest BCUT2D eigenvalue weighted by atomic mass is 10.1. The van der Waals surface area contributed by atoms with Gasteiger partial charge in [0.25, 0.3) is 0 Å². The lowest BCUT2D eigenvalue weighted by Crippen LogP contribution is -2.37. The lowest BCUT2D eigenvalue weighted by Gasteiger charge is -2.13. The van der Waals surface area contributed by atoms with E-state index in [1.165, 1.54) is 24.0 Å². The first kappa shape index (κ1) is 23.2. The van der Waals surface area contributed by atoms with Crippen molar-refractivity contribution < 1.29 is 0 Å². The summed E-state index contributed by atoms with van der Waals surface area (Å²) >= 11 is 0. The molecule has 1 aromatic rings. The smallest absolute Gasteiger partial charge is 0.191 e. The molecule has 4 nitrogen and oxygen atoms in total. The van der Waals surface area contributed by atoms with Crippen LogP contribution in [-0.2, 0) is 13.1 Å². The Hall–Kier alpha value is -0.820. The van der Waals surface area contributed by atoms with Crippen LogP contribution in [0.4, 0.5) is 0 Å². The number of halogens is 1. The summed E-state index contributed by atoms with van der Waals surface area (Å²) in [7, 11) is 4.18. The lowest BCUT2D eigenvalue weighted by molar-refractivity contribution is 0.402. The molecule has 5 heteroatoms. The van der Waals surface area contributed by atoms with E-state index in [-0.39, 0.29) is 24.0 Å². The maximum Gasteiger partial charge on any atom is 0.191 e. The Bertz CT molecular complexity index is 472. The quantitative estimate of drug-likeness (QED) is 0.262. The number of nitrogens with zero attached hydrogens (tertiary/aromatic N) is 2. The van der Waals surface area contributed by atoms with Gasteiger partial charge in [0.2, 0.25) is 0 Å². The summed E-state index contributed by atoms with van der Waals surface area (Å²) in [6.45, 7) is 10.2. The Morgan fingerprint density at radius 1 is 1.17 bits per heavy atom. The van der Waals surface area contributed by atoms with Gasteiger partial charge in [-0.1, -0.05) is 38.1 Å². The molecule has 0 aliphatic rings. The molecule has 0 fully saturated rings. The zero-order valence-corrected chi connectivity index (χ0v) is 18.3. The van der Waals surface area contributed by atoms with E-state index in [2.05, 4.69) is 74.7 Å². The minimum atomic E-state index is 0. The molecule has 24 heavy (non-hydrogen) atoms. The summed E-state index contributed by atoms with van der Waals surface area (Å²) in [5.41, 5.74) is 2.58. The van der Waals surface area contributed by atoms with Crippen LogP contribution in [0.2, 0.25) is 0 Å². The molecule has 1 rings (SSSR count). The van der Waals surface area contributed by atoms with Crippen LogP contribution in [0.25, 0.3) is 0 Å². The summed E-state index contributed by atoms with van der Waals surface area (Å²) in [6.07, 6.45) is 2.43. The number of hydrogen-bond donors (Lipinski definition) is 2. The van der Waals surface area contributed by atoms with E-state index >= 15 is 0 Å². The van der Waals surface area contributed by atoms with E-state index in [1.54, 1.807) is 0 Å². The largest absolute Gasteiger partial charge is 0.357 e. The molecule has 1 aromatic carbocycles. The Morgan fingerprint density at radius 2 is 1.88 bits per heavy atom. The van der Waals surface area contributed by atoms with Gasteiger partial charge in [0.1, 0.15) is 0 Å². The summed E-state index contributed by atoms with van der Waals surface area (Å²) < 4.78 is 0. The summed E-state index contributed by atoms with van der Waals surface area (Å²) in [6, 6.07) is 8.67. The highest BCUT2D eigenvalue weighted by Crippen LogP contribution is 2.08. The van der Waals surface area contributed by atoms with E-state index in [1.807, 2.05) is 0 Å². The normalized spacial score (nSPS) is 11.5. The fourth-order valence-corrected chi connectivity index (χ4v) is 2.42. The molecule has 0 aliphatic carbocycles. The van der Waals surface area contributed by atoms with Gasteiger partial charge in [-0.15, -0.1) is 24.0 Å². The molecule has 0 atom stereocenters. The predicted molar refractivity (Wildman–Crippen MR) is 116 cm³/mol. The highest BCUT2D eigenvalue weighted by molar-refractivity contribution is 14.0. The van der Waals surface area contributed by atoms with E-state index in [0.29, 0.717) is 6.54 Å². The van der Waals surface area contributed by atoms with Gasteiger partial charge in [0.05, 0.1) is 6.54 Å². The average molecular weight is 446 g/mol. The first-order valence-electron chi connectivity index (χ1n) is 8.76. The van der Waals surface area contributed by atoms with Crippen LogP contribution in [0.1, 0.15) is 44.7 Å². The second-order valence-corrected chi connectivity index (χ2v) is 6.72. The highest BCUT2D eigenvalue weighted by atomic mass is 127. The minimum absolute atomic E-state index is 0. The number of aliphatic imine (C=N–C) groups is 1. The Labute approximate surface area is 165 Å². The third-order valence-corrected chi connectivity index (χ3v) is 3.50. The van der Waals surface area contributed by atoms with Crippen LogP contribution in [-0.4, -0.2) is 38.0 Å². The zero-order chi connectivity index (χ0) is 17.1. The molecule has 0 amide bonds. The van der Waals surface area contributed by atoms with Crippen LogP contribution in [0.15, 0.2) is 29.3 Å². The Balaban J connectivity index is 0.00000529. The number of hydrogen-bond acceptors (Lipinski definition) is 2. The molecule has 0 aliphatic heterocycles. The summed E-state index contributed by atoms with van der Waals surface area (Å²) in [5, 5.41) is 6.74. The molecular weight excluding hydrogens is 411 g/mol. The number of nitrogens with one attached hydrogen (secondary N) is 2. The van der Waals surface area contributed by atoms with E-state index < -0.39 is 0 Å². The van der Waals surface area contributed by atoms with E-state index in [9.17, 15) is 0 Å². The van der Waals surface area contributed by atoms with E-state index in [4.69, 9.17) is 4.99 Å². The van der Waals surface area contributed by atoms with Crippen molar-refractivity contribution >= 4 is 29.9 Å². The van der Waals surface area contributed by atoms with Gasteiger partial charge in [0.15, 0.2) is 5.96 Å². The standard InChI is InChI=1S/C19H34N4.HI/c1-6-20-19(21-12-8-9-16(2)3)22-14-17-10-7-11-18(13-17)15-23(4)5;/h7,10-11,13,16H,6,8-9,12,14-15H2,1-5H3,(H2,20,21,22);1H. The zero-order valence-electron chi connectivity index (χ0n) is 15.9. The average Bonchev–Trinajstić information content (AvgIpc) is 2.48.